The molecule has 1 heterocycles. The number of aliphatic carboxylic acids is 1. The van der Waals surface area contributed by atoms with Crippen LogP contribution < -0.4 is 21.3 Å². The van der Waals surface area contributed by atoms with E-state index in [0.29, 0.717) is 22.3 Å². The Morgan fingerprint density at radius 2 is 1.63 bits per heavy atom. The molecule has 1 aliphatic carbocycles. The second-order valence-corrected chi connectivity index (χ2v) is 15.7. The molecule has 0 fully saturated rings. The van der Waals surface area contributed by atoms with Gasteiger partial charge in [-0.1, -0.05) is 100 Å². The van der Waals surface area contributed by atoms with Crippen molar-refractivity contribution in [2.45, 2.75) is 102 Å². The highest BCUT2D eigenvalue weighted by molar-refractivity contribution is 5.99. The highest BCUT2D eigenvalue weighted by Crippen LogP contribution is 2.37. The molecule has 5 rings (SSSR count). The number of aromatic hydroxyl groups is 1. The molecule has 0 saturated heterocycles. The molecule has 0 spiro atoms. The summed E-state index contributed by atoms with van der Waals surface area (Å²) in [4.78, 5) is 65.3. The van der Waals surface area contributed by atoms with Crippen molar-refractivity contribution < 1.29 is 39.3 Å². The van der Waals surface area contributed by atoms with Gasteiger partial charge in [0.2, 0.25) is 17.7 Å². The third-order valence-electron chi connectivity index (χ3n) is 11.2. The molecule has 3 aromatic rings. The van der Waals surface area contributed by atoms with E-state index in [1.54, 1.807) is 37.4 Å². The predicted molar refractivity (Wildman–Crippen MR) is 227 cm³/mol. The minimum absolute atomic E-state index is 0.0240. The van der Waals surface area contributed by atoms with Crippen molar-refractivity contribution in [3.8, 4) is 5.75 Å². The van der Waals surface area contributed by atoms with Gasteiger partial charge in [0.05, 0.1) is 25.2 Å². The second-order valence-electron chi connectivity index (χ2n) is 15.7. The maximum atomic E-state index is 13.5. The van der Waals surface area contributed by atoms with Gasteiger partial charge in [-0.15, -0.1) is 0 Å². The molecule has 2 aliphatic rings. The Morgan fingerprint density at radius 3 is 2.39 bits per heavy atom. The molecule has 0 aromatic heterocycles. The van der Waals surface area contributed by atoms with Crippen LogP contribution in [0.15, 0.2) is 78.4 Å². The van der Waals surface area contributed by atoms with Gasteiger partial charge in [-0.3, -0.25) is 19.2 Å². The van der Waals surface area contributed by atoms with Crippen LogP contribution in [-0.2, 0) is 25.6 Å². The van der Waals surface area contributed by atoms with Crippen LogP contribution >= 0.6 is 0 Å². The van der Waals surface area contributed by atoms with Crippen molar-refractivity contribution in [3.05, 3.63) is 101 Å². The van der Waals surface area contributed by atoms with E-state index in [0.717, 1.165) is 17.2 Å². The first kappa shape index (κ1) is 44.6. The highest BCUT2D eigenvalue weighted by Gasteiger charge is 2.30. The van der Waals surface area contributed by atoms with E-state index in [4.69, 9.17) is 0 Å². The molecule has 7 N–H and O–H groups in total. The molecule has 13 nitrogen and oxygen atoms in total. The van der Waals surface area contributed by atoms with Crippen LogP contribution in [0.1, 0.15) is 110 Å². The zero-order valence-corrected chi connectivity index (χ0v) is 34.2. The summed E-state index contributed by atoms with van der Waals surface area (Å²) in [5, 5.41) is 44.4. The van der Waals surface area contributed by atoms with E-state index in [9.17, 15) is 39.3 Å². The predicted octanol–water partition coefficient (Wildman–Crippen LogP) is 5.17. The molecule has 4 unspecified atom stereocenters. The summed E-state index contributed by atoms with van der Waals surface area (Å²) in [6.07, 6.45) is 15.0. The molecule has 1 aliphatic heterocycles. The molecule has 3 aromatic carbocycles. The number of hydrogen-bond acceptors (Lipinski definition) is 8. The van der Waals surface area contributed by atoms with Crippen LogP contribution in [0.2, 0.25) is 0 Å². The molecule has 316 valence electrons. The van der Waals surface area contributed by atoms with Crippen molar-refractivity contribution in [3.63, 3.8) is 0 Å². The van der Waals surface area contributed by atoms with Crippen LogP contribution in [0.4, 0.5) is 0 Å². The lowest BCUT2D eigenvalue weighted by Gasteiger charge is -2.31. The number of carbonyl (C=O) groups is 5. The number of hydrogen-bond donors (Lipinski definition) is 7. The lowest BCUT2D eigenvalue weighted by molar-refractivity contribution is -0.141. The van der Waals surface area contributed by atoms with E-state index in [-0.39, 0.29) is 50.7 Å². The SMILES string of the molecule is CCCCCCCCCCc1ccc2cc(C(=O)NCCC(=O)NCC(=O)N(C)C3CNCC(=O)NC(C(=O)O)CC4=CC(c5cc3ccc5O)C(O)C=C4)ccc2c1. The van der Waals surface area contributed by atoms with E-state index >= 15 is 0 Å². The monoisotopic (exact) mass is 809 g/mol. The van der Waals surface area contributed by atoms with Crippen molar-refractivity contribution in [2.24, 2.45) is 0 Å². The lowest BCUT2D eigenvalue weighted by atomic mass is 9.84. The number of nitrogens with one attached hydrogen (secondary N) is 4. The number of carbonyl (C=O) groups excluding carboxylic acids is 4. The van der Waals surface area contributed by atoms with E-state index in [2.05, 4.69) is 40.3 Å². The zero-order chi connectivity index (χ0) is 42.3. The van der Waals surface area contributed by atoms with Gasteiger partial charge in [-0.05, 0) is 64.6 Å². The number of unbranched alkanes of at least 4 members (excludes halogenated alkanes) is 7. The Morgan fingerprint density at radius 1 is 0.898 bits per heavy atom. The van der Waals surface area contributed by atoms with Crippen molar-refractivity contribution in [1.29, 1.82) is 0 Å². The van der Waals surface area contributed by atoms with Gasteiger partial charge in [-0.25, -0.2) is 4.79 Å². The normalized spacial score (nSPS) is 19.2. The first-order valence-corrected chi connectivity index (χ1v) is 20.9. The van der Waals surface area contributed by atoms with Crippen LogP contribution in [0, 0.1) is 0 Å². The fourth-order valence-corrected chi connectivity index (χ4v) is 7.67. The number of aryl methyl sites for hydroxylation is 1. The number of aliphatic hydroxyl groups is 1. The van der Waals surface area contributed by atoms with Crippen molar-refractivity contribution in [2.75, 3.05) is 33.2 Å². The van der Waals surface area contributed by atoms with Gasteiger partial charge in [0.15, 0.2) is 0 Å². The summed E-state index contributed by atoms with van der Waals surface area (Å²) in [6, 6.07) is 14.8. The number of fused-ring (bicyclic) bond motifs is 5. The molecule has 4 bridgehead atoms. The third kappa shape index (κ3) is 13.0. The molecular formula is C46H59N5O8. The lowest BCUT2D eigenvalue weighted by Crippen LogP contribution is -2.47. The molecule has 0 saturated carbocycles. The molecule has 59 heavy (non-hydrogen) atoms. The number of phenols is 1. The Labute approximate surface area is 346 Å². The second kappa shape index (κ2) is 22.0. The number of amides is 4. The number of rotatable bonds is 17. The Bertz CT molecular complexity index is 2030. The number of allylic oxidation sites excluding steroid dienone is 1. The summed E-state index contributed by atoms with van der Waals surface area (Å²) < 4.78 is 0. The van der Waals surface area contributed by atoms with Crippen LogP contribution in [0.25, 0.3) is 10.8 Å². The molecule has 4 atom stereocenters. The van der Waals surface area contributed by atoms with Crippen molar-refractivity contribution >= 4 is 40.4 Å². The zero-order valence-electron chi connectivity index (χ0n) is 34.2. The molecule has 0 radical (unpaired) electrons. The Hall–Kier alpha value is -5.53. The average molecular weight is 810 g/mol. The summed E-state index contributed by atoms with van der Waals surface area (Å²) in [5.41, 5.74) is 3.33. The number of nitrogens with zero attached hydrogens (tertiary/aromatic N) is 1. The number of phenolic OH excluding ortho intramolecular Hbond substituents is 1. The molecule has 4 amide bonds. The summed E-state index contributed by atoms with van der Waals surface area (Å²) in [5.74, 6) is -3.76. The van der Waals surface area contributed by atoms with E-state index < -0.39 is 47.8 Å². The van der Waals surface area contributed by atoms with Crippen LogP contribution in [0.3, 0.4) is 0 Å². The van der Waals surface area contributed by atoms with Gasteiger partial charge < -0.3 is 41.5 Å². The number of benzene rings is 3. The largest absolute Gasteiger partial charge is 0.508 e. The topological polar surface area (TPSA) is 197 Å². The summed E-state index contributed by atoms with van der Waals surface area (Å²) in [6.45, 7) is 1.80. The maximum Gasteiger partial charge on any atom is 0.326 e. The first-order chi connectivity index (χ1) is 28.4. The molecular weight excluding hydrogens is 751 g/mol. The van der Waals surface area contributed by atoms with E-state index in [1.165, 1.54) is 74.0 Å². The van der Waals surface area contributed by atoms with Crippen LogP contribution in [0.5, 0.6) is 5.75 Å². The van der Waals surface area contributed by atoms with Gasteiger partial charge in [0.1, 0.15) is 11.8 Å². The fourth-order valence-electron chi connectivity index (χ4n) is 7.67. The van der Waals surface area contributed by atoms with Gasteiger partial charge in [-0.2, -0.15) is 0 Å². The first-order valence-electron chi connectivity index (χ1n) is 20.9. The Balaban J connectivity index is 1.13. The van der Waals surface area contributed by atoms with Gasteiger partial charge in [0.25, 0.3) is 5.91 Å². The number of aliphatic hydroxyl groups excluding tert-OH is 1. The van der Waals surface area contributed by atoms with Crippen LogP contribution in [-0.4, -0.2) is 95.2 Å². The number of carboxylic acid groups (broad SMARTS) is 1. The average Bonchev–Trinajstić information content (AvgIpc) is 3.22. The summed E-state index contributed by atoms with van der Waals surface area (Å²) >= 11 is 0. The smallest absolute Gasteiger partial charge is 0.326 e. The third-order valence-corrected chi connectivity index (χ3v) is 11.2. The maximum absolute atomic E-state index is 13.5. The number of likely N-dealkylation sites (N-methyl/N-ethyl adjacent to an activating group) is 1. The standard InChI is InChI=1S/C46H59N5O8/c1-3-4-5-6-7-8-9-10-11-30-12-14-33-25-35(16-15-32(33)22-30)45(57)48-21-20-42(54)49-29-44(56)51(2)39-27-47-28-43(55)50-38(46(58)59)24-31-13-18-40(52)36(23-31)37-26-34(39)17-19-41(37)53/h12-19,22-23,25-26,36,38-40,47,52-53H,3-11,20-21,24,27-29H2,1-2H3,(H,48,57)(H,49,54)(H,50,55)(H,58,59). The summed E-state index contributed by atoms with van der Waals surface area (Å²) in [7, 11) is 1.55. The van der Waals surface area contributed by atoms with Crippen molar-refractivity contribution in [1.82, 2.24) is 26.2 Å². The quantitative estimate of drug-likeness (QED) is 0.0901. The minimum Gasteiger partial charge on any atom is -0.508 e. The molecule has 13 heteroatoms. The minimum atomic E-state index is -1.22. The van der Waals surface area contributed by atoms with Gasteiger partial charge in [0, 0.05) is 50.0 Å². The fraction of sp³-hybridized carbons (Fsp3) is 0.457. The highest BCUT2D eigenvalue weighted by atomic mass is 16.4. The number of carboxylic acids is 1. The van der Waals surface area contributed by atoms with Gasteiger partial charge >= 0.3 is 5.97 Å². The Kier molecular flexibility index (Phi) is 16.6. The van der Waals surface area contributed by atoms with E-state index in [1.807, 2.05) is 18.2 Å².